The quantitative estimate of drug-likeness (QED) is 0.711. The minimum atomic E-state index is 0.568. The van der Waals surface area contributed by atoms with Gasteiger partial charge < -0.3 is 9.32 Å². The van der Waals surface area contributed by atoms with Crippen molar-refractivity contribution < 1.29 is 4.42 Å². The molecule has 1 saturated heterocycles. The Morgan fingerprint density at radius 2 is 1.74 bits per heavy atom. The molecule has 0 radical (unpaired) electrons. The number of benzene rings is 1. The van der Waals surface area contributed by atoms with Gasteiger partial charge in [0.15, 0.2) is 5.88 Å². The fourth-order valence-electron chi connectivity index (χ4n) is 2.83. The van der Waals surface area contributed by atoms with Crippen molar-refractivity contribution in [2.45, 2.75) is 25.7 Å². The van der Waals surface area contributed by atoms with Gasteiger partial charge in [-0.2, -0.15) is 5.26 Å². The summed E-state index contributed by atoms with van der Waals surface area (Å²) in [5.74, 6) is 1.60. The molecule has 3 nitrogen and oxygen atoms in total. The summed E-state index contributed by atoms with van der Waals surface area (Å²) in [6, 6.07) is 13.4. The van der Waals surface area contributed by atoms with Crippen LogP contribution in [0.25, 0.3) is 11.6 Å². The molecular weight excluding hydrogens is 308 g/mol. The molecule has 2 heterocycles. The lowest BCUT2D eigenvalue weighted by Crippen LogP contribution is -2.23. The van der Waals surface area contributed by atoms with Gasteiger partial charge in [0.1, 0.15) is 5.76 Å². The highest BCUT2D eigenvalue weighted by Gasteiger charge is 2.13. The van der Waals surface area contributed by atoms with E-state index in [0.29, 0.717) is 16.4 Å². The lowest BCUT2D eigenvalue weighted by atomic mass is 10.1. The largest absolute Gasteiger partial charge is 0.441 e. The van der Waals surface area contributed by atoms with Gasteiger partial charge in [-0.1, -0.05) is 36.6 Å². The Balaban J connectivity index is 1.81. The second kappa shape index (κ2) is 7.39. The van der Waals surface area contributed by atoms with Crippen LogP contribution in [0.1, 0.15) is 37.0 Å². The van der Waals surface area contributed by atoms with Crippen molar-refractivity contribution in [3.8, 4) is 6.07 Å². The van der Waals surface area contributed by atoms with E-state index in [4.69, 9.17) is 16.0 Å². The molecular formula is C19H19ClN2O. The van der Waals surface area contributed by atoms with Crippen LogP contribution in [0.15, 0.2) is 40.8 Å². The third-order valence-corrected chi connectivity index (χ3v) is 4.34. The monoisotopic (exact) mass is 326 g/mol. The Morgan fingerprint density at radius 3 is 2.39 bits per heavy atom. The number of allylic oxidation sites excluding steroid dienone is 1. The molecule has 0 amide bonds. The van der Waals surface area contributed by atoms with E-state index in [1.807, 2.05) is 24.3 Å². The van der Waals surface area contributed by atoms with Gasteiger partial charge >= 0.3 is 0 Å². The molecule has 4 heteroatoms. The van der Waals surface area contributed by atoms with Crippen molar-refractivity contribution in [1.82, 2.24) is 0 Å². The molecule has 1 aromatic carbocycles. The maximum atomic E-state index is 9.40. The van der Waals surface area contributed by atoms with Gasteiger partial charge in [0.25, 0.3) is 0 Å². The number of halogens is 1. The van der Waals surface area contributed by atoms with Gasteiger partial charge in [-0.3, -0.25) is 0 Å². The molecule has 0 aliphatic carbocycles. The first-order valence-electron chi connectivity index (χ1n) is 7.99. The number of anilines is 1. The fourth-order valence-corrected chi connectivity index (χ4v) is 2.96. The first kappa shape index (κ1) is 15.7. The summed E-state index contributed by atoms with van der Waals surface area (Å²) in [5, 5.41) is 10.1. The number of nitriles is 1. The average Bonchev–Trinajstić information content (AvgIpc) is 2.86. The molecule has 1 aromatic heterocycles. The molecule has 1 aliphatic heterocycles. The van der Waals surface area contributed by atoms with Crippen molar-refractivity contribution in [3.63, 3.8) is 0 Å². The Hall–Kier alpha value is -2.18. The minimum absolute atomic E-state index is 0.568. The molecule has 0 atom stereocenters. The van der Waals surface area contributed by atoms with Crippen molar-refractivity contribution in [2.24, 2.45) is 0 Å². The lowest BCUT2D eigenvalue weighted by Gasteiger charge is -2.18. The van der Waals surface area contributed by atoms with Crippen LogP contribution in [-0.2, 0) is 0 Å². The summed E-state index contributed by atoms with van der Waals surface area (Å²) in [5.41, 5.74) is 1.41. The van der Waals surface area contributed by atoms with Crippen LogP contribution < -0.4 is 4.90 Å². The second-order valence-electron chi connectivity index (χ2n) is 5.75. The Bertz CT molecular complexity index is 717. The van der Waals surface area contributed by atoms with Crippen molar-refractivity contribution in [3.05, 3.63) is 52.7 Å². The Morgan fingerprint density at radius 1 is 1.04 bits per heavy atom. The third kappa shape index (κ3) is 3.97. The molecule has 118 valence electrons. The highest BCUT2D eigenvalue weighted by Crippen LogP contribution is 2.25. The van der Waals surface area contributed by atoms with Crippen molar-refractivity contribution >= 4 is 29.1 Å². The molecule has 0 saturated carbocycles. The molecule has 23 heavy (non-hydrogen) atoms. The lowest BCUT2D eigenvalue weighted by molar-refractivity contribution is 0.536. The van der Waals surface area contributed by atoms with Crippen LogP contribution in [-0.4, -0.2) is 13.1 Å². The van der Waals surface area contributed by atoms with E-state index in [1.165, 1.54) is 25.7 Å². The minimum Gasteiger partial charge on any atom is -0.441 e. The van der Waals surface area contributed by atoms with Crippen LogP contribution in [0.5, 0.6) is 0 Å². The van der Waals surface area contributed by atoms with Crippen LogP contribution in [0, 0.1) is 11.3 Å². The predicted molar refractivity (Wildman–Crippen MR) is 94.3 cm³/mol. The van der Waals surface area contributed by atoms with Crippen LogP contribution >= 0.6 is 11.6 Å². The summed E-state index contributed by atoms with van der Waals surface area (Å²) in [4.78, 5) is 2.29. The third-order valence-electron chi connectivity index (χ3n) is 4.09. The zero-order valence-electron chi connectivity index (χ0n) is 13.0. The summed E-state index contributed by atoms with van der Waals surface area (Å²) in [6.45, 7) is 2.08. The molecule has 2 aromatic rings. The van der Waals surface area contributed by atoms with Crippen molar-refractivity contribution in [1.29, 1.82) is 5.26 Å². The van der Waals surface area contributed by atoms with Crippen LogP contribution in [0.2, 0.25) is 5.02 Å². The number of hydrogen-bond acceptors (Lipinski definition) is 3. The van der Waals surface area contributed by atoms with E-state index in [2.05, 4.69) is 11.0 Å². The van der Waals surface area contributed by atoms with Crippen molar-refractivity contribution in [2.75, 3.05) is 18.0 Å². The van der Waals surface area contributed by atoms with E-state index in [9.17, 15) is 5.26 Å². The average molecular weight is 327 g/mol. The topological polar surface area (TPSA) is 40.2 Å². The SMILES string of the molecule is N#CC(=Cc1ccc(N2CCCCCC2)o1)c1ccc(Cl)cc1. The molecule has 0 spiro atoms. The van der Waals surface area contributed by atoms with Gasteiger partial charge in [0.05, 0.1) is 11.6 Å². The van der Waals surface area contributed by atoms with Gasteiger partial charge in [0.2, 0.25) is 0 Å². The molecule has 0 N–H and O–H groups in total. The fraction of sp³-hybridized carbons (Fsp3) is 0.316. The number of nitrogens with zero attached hydrogens (tertiary/aromatic N) is 2. The van der Waals surface area contributed by atoms with Gasteiger partial charge in [0, 0.05) is 24.2 Å². The van der Waals surface area contributed by atoms with E-state index in [-0.39, 0.29) is 0 Å². The summed E-state index contributed by atoms with van der Waals surface area (Å²) >= 11 is 5.90. The van der Waals surface area contributed by atoms with Gasteiger partial charge in [-0.15, -0.1) is 0 Å². The predicted octanol–water partition coefficient (Wildman–Crippen LogP) is 5.38. The van der Waals surface area contributed by atoms with Gasteiger partial charge in [-0.25, -0.2) is 0 Å². The Labute approximate surface area is 141 Å². The molecule has 1 fully saturated rings. The maximum absolute atomic E-state index is 9.40. The van der Waals surface area contributed by atoms with E-state index >= 15 is 0 Å². The standard InChI is InChI=1S/C19H19ClN2O/c20-17-7-5-15(6-8-17)16(14-21)13-18-9-10-19(23-18)22-11-3-1-2-4-12-22/h5-10,13H,1-4,11-12H2. The highest BCUT2D eigenvalue weighted by molar-refractivity contribution is 6.30. The Kier molecular flexibility index (Phi) is 5.05. The normalized spacial score (nSPS) is 16.0. The van der Waals surface area contributed by atoms with Crippen LogP contribution in [0.4, 0.5) is 5.88 Å². The van der Waals surface area contributed by atoms with E-state index in [1.54, 1.807) is 18.2 Å². The molecule has 0 bridgehead atoms. The number of furan rings is 1. The first-order chi connectivity index (χ1) is 11.3. The zero-order chi connectivity index (χ0) is 16.1. The van der Waals surface area contributed by atoms with E-state index < -0.39 is 0 Å². The second-order valence-corrected chi connectivity index (χ2v) is 6.19. The first-order valence-corrected chi connectivity index (χ1v) is 8.36. The van der Waals surface area contributed by atoms with Crippen LogP contribution in [0.3, 0.4) is 0 Å². The van der Waals surface area contributed by atoms with Gasteiger partial charge in [-0.05, 0) is 42.7 Å². The summed E-state index contributed by atoms with van der Waals surface area (Å²) in [6.07, 6.45) is 6.78. The number of rotatable bonds is 3. The zero-order valence-corrected chi connectivity index (χ0v) is 13.7. The molecule has 1 aliphatic rings. The highest BCUT2D eigenvalue weighted by atomic mass is 35.5. The molecule has 3 rings (SSSR count). The maximum Gasteiger partial charge on any atom is 0.196 e. The number of hydrogen-bond donors (Lipinski definition) is 0. The van der Waals surface area contributed by atoms with E-state index in [0.717, 1.165) is 24.5 Å². The summed E-state index contributed by atoms with van der Waals surface area (Å²) < 4.78 is 5.93. The molecule has 0 unspecified atom stereocenters. The summed E-state index contributed by atoms with van der Waals surface area (Å²) in [7, 11) is 0. The smallest absolute Gasteiger partial charge is 0.196 e.